The minimum atomic E-state index is -3.36. The van der Waals surface area contributed by atoms with Crippen LogP contribution in [0.2, 0.25) is 0 Å². The number of rotatable bonds is 9. The quantitative estimate of drug-likeness (QED) is 0.252. The van der Waals surface area contributed by atoms with E-state index >= 15 is 0 Å². The minimum absolute atomic E-state index is 0. The zero-order chi connectivity index (χ0) is 16.4. The number of ether oxygens (including phenoxy) is 2. The molecule has 2 atom stereocenters. The van der Waals surface area contributed by atoms with Gasteiger partial charge in [0.25, 0.3) is 0 Å². The molecule has 0 aromatic heterocycles. The molecule has 1 aliphatic heterocycles. The fourth-order valence-electron chi connectivity index (χ4n) is 2.14. The summed E-state index contributed by atoms with van der Waals surface area (Å²) in [5.74, 6) is 0.121. The lowest BCUT2D eigenvalue weighted by atomic mass is 10.1. The first-order chi connectivity index (χ1) is 10.4. The van der Waals surface area contributed by atoms with Gasteiger partial charge in [0, 0.05) is 26.3 Å². The number of aliphatic imine (C=N–C) groups is 1. The molecule has 1 fully saturated rings. The zero-order valence-electron chi connectivity index (χ0n) is 13.8. The first kappa shape index (κ1) is 22.8. The van der Waals surface area contributed by atoms with Crippen LogP contribution in [0.5, 0.6) is 0 Å². The molecule has 0 saturated carbocycles. The molecule has 1 heterocycles. The molecule has 2 unspecified atom stereocenters. The van der Waals surface area contributed by atoms with E-state index in [1.165, 1.54) is 0 Å². The van der Waals surface area contributed by atoms with Crippen LogP contribution < -0.4 is 15.8 Å². The molecule has 0 aliphatic carbocycles. The highest BCUT2D eigenvalue weighted by Gasteiger charge is 2.17. The van der Waals surface area contributed by atoms with E-state index in [-0.39, 0.29) is 54.4 Å². The monoisotopic (exact) mass is 464 g/mol. The van der Waals surface area contributed by atoms with Crippen molar-refractivity contribution in [2.45, 2.75) is 38.3 Å². The Morgan fingerprint density at radius 3 is 2.83 bits per heavy atom. The van der Waals surface area contributed by atoms with Crippen molar-refractivity contribution in [3.8, 4) is 0 Å². The molecule has 23 heavy (non-hydrogen) atoms. The molecular formula is C13H29IN4O4S. The lowest BCUT2D eigenvalue weighted by Gasteiger charge is -2.22. The number of guanidine groups is 1. The van der Waals surface area contributed by atoms with Gasteiger partial charge in [-0.05, 0) is 26.2 Å². The smallest absolute Gasteiger partial charge is 0.213 e. The van der Waals surface area contributed by atoms with E-state index in [0.717, 1.165) is 19.3 Å². The molecule has 0 spiro atoms. The number of hydrogen-bond acceptors (Lipinski definition) is 5. The summed E-state index contributed by atoms with van der Waals surface area (Å²) in [6.07, 6.45) is 3.01. The van der Waals surface area contributed by atoms with Gasteiger partial charge in [-0.3, -0.25) is 4.99 Å². The average Bonchev–Trinajstić information content (AvgIpc) is 2.46. The fraction of sp³-hybridized carbons (Fsp3) is 0.923. The third kappa shape index (κ3) is 11.1. The van der Waals surface area contributed by atoms with Gasteiger partial charge >= 0.3 is 0 Å². The van der Waals surface area contributed by atoms with E-state index in [1.807, 2.05) is 6.92 Å². The molecular weight excluding hydrogens is 435 g/mol. The molecule has 8 nitrogen and oxygen atoms in total. The Morgan fingerprint density at radius 2 is 2.22 bits per heavy atom. The third-order valence-electron chi connectivity index (χ3n) is 3.26. The molecule has 1 saturated heterocycles. The average molecular weight is 464 g/mol. The predicted molar refractivity (Wildman–Crippen MR) is 102 cm³/mol. The molecule has 10 heteroatoms. The van der Waals surface area contributed by atoms with Crippen LogP contribution in [-0.2, 0) is 19.5 Å². The number of halogens is 1. The summed E-state index contributed by atoms with van der Waals surface area (Å²) >= 11 is 0. The second-order valence-electron chi connectivity index (χ2n) is 5.42. The molecule has 1 aliphatic rings. The van der Waals surface area contributed by atoms with Crippen LogP contribution in [0.1, 0.15) is 26.2 Å². The normalized spacial score (nSPS) is 20.6. The summed E-state index contributed by atoms with van der Waals surface area (Å²) < 4.78 is 36.7. The summed E-state index contributed by atoms with van der Waals surface area (Å²) in [4.78, 5) is 4.00. The summed E-state index contributed by atoms with van der Waals surface area (Å²) in [7, 11) is -1.76. The van der Waals surface area contributed by atoms with Crippen LogP contribution in [0.15, 0.2) is 4.99 Å². The predicted octanol–water partition coefficient (Wildman–Crippen LogP) is 0.0321. The van der Waals surface area contributed by atoms with Crippen LogP contribution >= 0.6 is 24.0 Å². The Kier molecular flexibility index (Phi) is 12.1. The summed E-state index contributed by atoms with van der Waals surface area (Å²) in [6.45, 7) is 3.54. The number of nitrogens with one attached hydrogen (secondary N) is 2. The van der Waals surface area contributed by atoms with E-state index < -0.39 is 10.0 Å². The van der Waals surface area contributed by atoms with Crippen molar-refractivity contribution in [3.05, 3.63) is 0 Å². The maximum Gasteiger partial charge on any atom is 0.213 e. The van der Waals surface area contributed by atoms with Gasteiger partial charge in [0.1, 0.15) is 0 Å². The van der Waals surface area contributed by atoms with Crippen molar-refractivity contribution in [1.82, 2.24) is 10.0 Å². The first-order valence-corrected chi connectivity index (χ1v) is 9.22. The highest BCUT2D eigenvalue weighted by Crippen LogP contribution is 2.11. The van der Waals surface area contributed by atoms with Crippen molar-refractivity contribution >= 4 is 40.0 Å². The summed E-state index contributed by atoms with van der Waals surface area (Å²) in [6, 6.07) is 0.0203. The van der Waals surface area contributed by atoms with E-state index in [4.69, 9.17) is 15.2 Å². The van der Waals surface area contributed by atoms with E-state index in [9.17, 15) is 8.42 Å². The van der Waals surface area contributed by atoms with Gasteiger partial charge in [-0.15, -0.1) is 24.0 Å². The topological polar surface area (TPSA) is 115 Å². The van der Waals surface area contributed by atoms with Crippen LogP contribution in [0, 0.1) is 0 Å². The molecule has 0 amide bonds. The van der Waals surface area contributed by atoms with Gasteiger partial charge in [-0.25, -0.2) is 13.1 Å². The zero-order valence-corrected chi connectivity index (χ0v) is 16.9. The second-order valence-corrected chi connectivity index (χ2v) is 7.35. The number of methoxy groups -OCH3 is 1. The standard InChI is InChI=1S/C13H28N4O4S.HI/c1-11(10-20-2)17-13(14)15-6-8-22(18,19)16-9-12-5-3-4-7-21-12;/h11-12,16H,3-10H2,1-2H3,(H3,14,15,17);1H. The molecule has 0 bridgehead atoms. The van der Waals surface area contributed by atoms with Gasteiger partial charge in [-0.1, -0.05) is 0 Å². The minimum Gasteiger partial charge on any atom is -0.383 e. The molecule has 0 radical (unpaired) electrons. The van der Waals surface area contributed by atoms with Gasteiger partial charge in [0.05, 0.1) is 25.0 Å². The lowest BCUT2D eigenvalue weighted by molar-refractivity contribution is 0.0200. The van der Waals surface area contributed by atoms with Crippen molar-refractivity contribution in [3.63, 3.8) is 0 Å². The Hall–Kier alpha value is -0.170. The number of nitrogens with two attached hydrogens (primary N) is 1. The highest BCUT2D eigenvalue weighted by molar-refractivity contribution is 14.0. The SMILES string of the molecule is COCC(C)NC(N)=NCCS(=O)(=O)NCC1CCCCO1.I. The van der Waals surface area contributed by atoms with Crippen molar-refractivity contribution in [2.24, 2.45) is 10.7 Å². The Morgan fingerprint density at radius 1 is 1.48 bits per heavy atom. The molecule has 0 aromatic carbocycles. The third-order valence-corrected chi connectivity index (χ3v) is 4.58. The first-order valence-electron chi connectivity index (χ1n) is 7.57. The lowest BCUT2D eigenvalue weighted by Crippen LogP contribution is -2.41. The second kappa shape index (κ2) is 12.2. The van der Waals surface area contributed by atoms with E-state index in [1.54, 1.807) is 7.11 Å². The van der Waals surface area contributed by atoms with Crippen molar-refractivity contribution in [2.75, 3.05) is 39.2 Å². The fourth-order valence-corrected chi connectivity index (χ4v) is 3.05. The summed E-state index contributed by atoms with van der Waals surface area (Å²) in [5, 5.41) is 2.92. The van der Waals surface area contributed by atoms with Gasteiger partial charge in [0.15, 0.2) is 5.96 Å². The molecule has 0 aromatic rings. The molecule has 4 N–H and O–H groups in total. The van der Waals surface area contributed by atoms with Crippen LogP contribution in [0.4, 0.5) is 0 Å². The van der Waals surface area contributed by atoms with Gasteiger partial charge in [0.2, 0.25) is 10.0 Å². The molecule has 1 rings (SSSR count). The van der Waals surface area contributed by atoms with E-state index in [2.05, 4.69) is 15.0 Å². The number of sulfonamides is 1. The maximum atomic E-state index is 11.9. The Bertz CT molecular complexity index is 441. The van der Waals surface area contributed by atoms with E-state index in [0.29, 0.717) is 19.8 Å². The number of hydrogen-bond donors (Lipinski definition) is 3. The molecule has 138 valence electrons. The number of nitrogens with zero attached hydrogens (tertiary/aromatic N) is 1. The van der Waals surface area contributed by atoms with Gasteiger partial charge in [-0.2, -0.15) is 0 Å². The highest BCUT2D eigenvalue weighted by atomic mass is 127. The summed E-state index contributed by atoms with van der Waals surface area (Å²) in [5.41, 5.74) is 5.67. The Labute approximate surface area is 156 Å². The van der Waals surface area contributed by atoms with Gasteiger partial charge < -0.3 is 20.5 Å². The Balaban J connectivity index is 0.00000484. The van der Waals surface area contributed by atoms with Crippen molar-refractivity contribution < 1.29 is 17.9 Å². The maximum absolute atomic E-state index is 11.9. The van der Waals surface area contributed by atoms with Crippen LogP contribution in [-0.4, -0.2) is 65.7 Å². The van der Waals surface area contributed by atoms with Crippen LogP contribution in [0.25, 0.3) is 0 Å². The van der Waals surface area contributed by atoms with Crippen molar-refractivity contribution in [1.29, 1.82) is 0 Å². The van der Waals surface area contributed by atoms with Crippen LogP contribution in [0.3, 0.4) is 0 Å². The largest absolute Gasteiger partial charge is 0.383 e.